The van der Waals surface area contributed by atoms with Gasteiger partial charge in [-0.1, -0.05) is 0 Å². The molecule has 2 heterocycles. The molecule has 0 aromatic carbocycles. The van der Waals surface area contributed by atoms with Gasteiger partial charge in [0.2, 0.25) is 0 Å². The van der Waals surface area contributed by atoms with E-state index in [0.29, 0.717) is 31.6 Å². The molecule has 2 atom stereocenters. The number of nitrogens with one attached hydrogen (secondary N) is 1. The summed E-state index contributed by atoms with van der Waals surface area (Å²) >= 11 is 0. The molecule has 1 aliphatic rings. The highest BCUT2D eigenvalue weighted by atomic mass is 16.6. The molecule has 0 radical (unpaired) electrons. The van der Waals surface area contributed by atoms with E-state index in [4.69, 9.17) is 9.47 Å². The lowest BCUT2D eigenvalue weighted by atomic mass is 10.0. The van der Waals surface area contributed by atoms with Crippen LogP contribution in [0.1, 0.15) is 51.8 Å². The number of nitro groups is 1. The molecule has 0 bridgehead atoms. The fourth-order valence-corrected chi connectivity index (χ4v) is 2.72. The van der Waals surface area contributed by atoms with Crippen molar-refractivity contribution in [3.05, 3.63) is 22.0 Å². The number of hydrogen-bond donors (Lipinski definition) is 1. The molecule has 1 N–H and O–H groups in total. The topological polar surface area (TPSA) is 109 Å². The smallest absolute Gasteiger partial charge is 0.407 e. The summed E-state index contributed by atoms with van der Waals surface area (Å²) in [6.07, 6.45) is 2.19. The molecule has 1 amide bonds. The molecule has 1 aliphatic heterocycles. The van der Waals surface area contributed by atoms with Gasteiger partial charge in [-0.25, -0.2) is 4.79 Å². The fourth-order valence-electron chi connectivity index (χ4n) is 2.72. The molecule has 24 heavy (non-hydrogen) atoms. The van der Waals surface area contributed by atoms with Crippen molar-refractivity contribution >= 4 is 11.8 Å². The van der Waals surface area contributed by atoms with Crippen LogP contribution < -0.4 is 5.32 Å². The number of ether oxygens (including phenoxy) is 2. The maximum absolute atomic E-state index is 11.9. The Morgan fingerprint density at radius 3 is 2.79 bits per heavy atom. The Morgan fingerprint density at radius 1 is 1.46 bits per heavy atom. The number of nitrogens with zero attached hydrogens (tertiary/aromatic N) is 3. The van der Waals surface area contributed by atoms with Crippen LogP contribution >= 0.6 is 0 Å². The van der Waals surface area contributed by atoms with Crippen molar-refractivity contribution in [1.29, 1.82) is 0 Å². The normalized spacial score (nSPS) is 21.8. The summed E-state index contributed by atoms with van der Waals surface area (Å²) in [7, 11) is 1.66. The molecule has 1 aromatic heterocycles. The van der Waals surface area contributed by atoms with Gasteiger partial charge in [-0.3, -0.25) is 14.8 Å². The molecule has 1 saturated heterocycles. The van der Waals surface area contributed by atoms with Crippen molar-refractivity contribution in [2.24, 2.45) is 7.05 Å². The largest absolute Gasteiger partial charge is 0.444 e. The summed E-state index contributed by atoms with van der Waals surface area (Å²) in [6.45, 7) is 5.81. The lowest BCUT2D eigenvalue weighted by Gasteiger charge is -2.22. The number of amides is 1. The van der Waals surface area contributed by atoms with Gasteiger partial charge < -0.3 is 14.8 Å². The third-order valence-electron chi connectivity index (χ3n) is 3.75. The molecule has 134 valence electrons. The highest BCUT2D eigenvalue weighted by Crippen LogP contribution is 2.32. The van der Waals surface area contributed by atoms with Gasteiger partial charge in [0.05, 0.1) is 4.92 Å². The van der Waals surface area contributed by atoms with Crippen LogP contribution in [0, 0.1) is 10.1 Å². The SMILES string of the molecule is Cn1ncc([N+](=O)[O-])c1C1CCC(NC(=O)OC(C)(C)C)CCO1. The van der Waals surface area contributed by atoms with Crippen molar-refractivity contribution in [3.63, 3.8) is 0 Å². The van der Waals surface area contributed by atoms with Crippen molar-refractivity contribution in [1.82, 2.24) is 15.1 Å². The highest BCUT2D eigenvalue weighted by molar-refractivity contribution is 5.68. The van der Waals surface area contributed by atoms with E-state index >= 15 is 0 Å². The van der Waals surface area contributed by atoms with E-state index in [1.54, 1.807) is 27.8 Å². The van der Waals surface area contributed by atoms with E-state index in [0.717, 1.165) is 0 Å². The van der Waals surface area contributed by atoms with Gasteiger partial charge >= 0.3 is 11.8 Å². The van der Waals surface area contributed by atoms with E-state index in [2.05, 4.69) is 10.4 Å². The van der Waals surface area contributed by atoms with Crippen LogP contribution in [0.2, 0.25) is 0 Å². The zero-order valence-corrected chi connectivity index (χ0v) is 14.4. The predicted octanol–water partition coefficient (Wildman–Crippen LogP) is 2.46. The summed E-state index contributed by atoms with van der Waals surface area (Å²) in [5, 5.41) is 17.9. The standard InChI is InChI=1S/C15H24N4O5/c1-15(2,3)24-14(20)17-10-5-6-12(23-8-7-10)13-11(19(21)22)9-16-18(13)4/h9-10,12H,5-8H2,1-4H3,(H,17,20). The Labute approximate surface area is 140 Å². The number of carbonyl (C=O) groups excluding carboxylic acids is 1. The number of rotatable bonds is 3. The molecule has 1 aromatic rings. The third kappa shape index (κ3) is 4.67. The summed E-state index contributed by atoms with van der Waals surface area (Å²) in [6, 6.07) is -0.0860. The first-order valence-electron chi connectivity index (χ1n) is 7.95. The van der Waals surface area contributed by atoms with E-state index in [1.807, 2.05) is 0 Å². The number of aromatic nitrogens is 2. The molecule has 1 fully saturated rings. The molecule has 9 nitrogen and oxygen atoms in total. The lowest BCUT2D eigenvalue weighted by Crippen LogP contribution is -2.39. The van der Waals surface area contributed by atoms with Gasteiger partial charge in [0.1, 0.15) is 23.6 Å². The number of alkyl carbamates (subject to hydrolysis) is 1. The van der Waals surface area contributed by atoms with Gasteiger partial charge in [0.15, 0.2) is 0 Å². The first-order chi connectivity index (χ1) is 11.2. The van der Waals surface area contributed by atoms with E-state index in [1.165, 1.54) is 10.9 Å². The van der Waals surface area contributed by atoms with Crippen molar-refractivity contribution in [2.75, 3.05) is 6.61 Å². The van der Waals surface area contributed by atoms with Gasteiger partial charge in [-0.15, -0.1) is 0 Å². The molecule has 0 aliphatic carbocycles. The van der Waals surface area contributed by atoms with Crippen LogP contribution in [0.5, 0.6) is 0 Å². The first-order valence-corrected chi connectivity index (χ1v) is 7.95. The summed E-state index contributed by atoms with van der Waals surface area (Å²) in [5.41, 5.74) is -0.137. The third-order valence-corrected chi connectivity index (χ3v) is 3.75. The summed E-state index contributed by atoms with van der Waals surface area (Å²) < 4.78 is 12.5. The summed E-state index contributed by atoms with van der Waals surface area (Å²) in [4.78, 5) is 22.5. The Bertz CT molecular complexity index is 607. The van der Waals surface area contributed by atoms with Crippen LogP contribution in [0.4, 0.5) is 10.5 Å². The minimum atomic E-state index is -0.552. The molecule has 9 heteroatoms. The first kappa shape index (κ1) is 18.2. The fraction of sp³-hybridized carbons (Fsp3) is 0.733. The molecule has 2 unspecified atom stereocenters. The van der Waals surface area contributed by atoms with Crippen LogP contribution in [0.25, 0.3) is 0 Å². The number of carbonyl (C=O) groups is 1. The van der Waals surface area contributed by atoms with Crippen molar-refractivity contribution in [2.45, 2.75) is 57.8 Å². The second-order valence-corrected chi connectivity index (χ2v) is 6.86. The lowest BCUT2D eigenvalue weighted by molar-refractivity contribution is -0.386. The monoisotopic (exact) mass is 340 g/mol. The highest BCUT2D eigenvalue weighted by Gasteiger charge is 2.31. The molecule has 0 saturated carbocycles. The maximum Gasteiger partial charge on any atom is 0.407 e. The Hall–Kier alpha value is -2.16. The Balaban J connectivity index is 2.00. The van der Waals surface area contributed by atoms with Gasteiger partial charge in [0, 0.05) is 19.7 Å². The van der Waals surface area contributed by atoms with E-state index in [9.17, 15) is 14.9 Å². The van der Waals surface area contributed by atoms with E-state index in [-0.39, 0.29) is 11.7 Å². The van der Waals surface area contributed by atoms with Crippen LogP contribution in [0.3, 0.4) is 0 Å². The average molecular weight is 340 g/mol. The van der Waals surface area contributed by atoms with Crippen LogP contribution in [-0.4, -0.2) is 39.0 Å². The average Bonchev–Trinajstić information content (AvgIpc) is 2.68. The van der Waals surface area contributed by atoms with Gasteiger partial charge in [-0.2, -0.15) is 5.10 Å². The molecule has 0 spiro atoms. The molecular weight excluding hydrogens is 316 g/mol. The zero-order chi connectivity index (χ0) is 17.9. The van der Waals surface area contributed by atoms with Crippen LogP contribution in [-0.2, 0) is 16.5 Å². The predicted molar refractivity (Wildman–Crippen MR) is 85.6 cm³/mol. The minimum absolute atomic E-state index is 0.0407. The summed E-state index contributed by atoms with van der Waals surface area (Å²) in [5.74, 6) is 0. The maximum atomic E-state index is 11.9. The zero-order valence-electron chi connectivity index (χ0n) is 14.4. The Morgan fingerprint density at radius 2 is 2.17 bits per heavy atom. The van der Waals surface area contributed by atoms with Gasteiger partial charge in [-0.05, 0) is 40.0 Å². The quantitative estimate of drug-likeness (QED) is 0.669. The second kappa shape index (κ2) is 7.16. The minimum Gasteiger partial charge on any atom is -0.444 e. The number of aryl methyl sites for hydroxylation is 1. The van der Waals surface area contributed by atoms with Crippen molar-refractivity contribution < 1.29 is 19.2 Å². The van der Waals surface area contributed by atoms with Gasteiger partial charge in [0.25, 0.3) is 0 Å². The van der Waals surface area contributed by atoms with Crippen LogP contribution in [0.15, 0.2) is 6.20 Å². The van der Waals surface area contributed by atoms with Crippen molar-refractivity contribution in [3.8, 4) is 0 Å². The molecular formula is C15H24N4O5. The van der Waals surface area contributed by atoms with E-state index < -0.39 is 22.7 Å². The second-order valence-electron chi connectivity index (χ2n) is 6.86. The molecule has 2 rings (SSSR count). The Kier molecular flexibility index (Phi) is 5.43. The number of hydrogen-bond acceptors (Lipinski definition) is 6.